The molecular formula is C13H23N3O. The molecule has 0 saturated heterocycles. The molecule has 0 bridgehead atoms. The highest BCUT2D eigenvalue weighted by Crippen LogP contribution is 2.25. The molecule has 0 spiro atoms. The van der Waals surface area contributed by atoms with Gasteiger partial charge >= 0.3 is 0 Å². The van der Waals surface area contributed by atoms with E-state index in [0.717, 1.165) is 18.5 Å². The van der Waals surface area contributed by atoms with Crippen LogP contribution in [0.1, 0.15) is 44.2 Å². The van der Waals surface area contributed by atoms with Gasteiger partial charge in [0.1, 0.15) is 0 Å². The molecule has 0 aliphatic heterocycles. The van der Waals surface area contributed by atoms with Crippen LogP contribution in [0.2, 0.25) is 0 Å². The summed E-state index contributed by atoms with van der Waals surface area (Å²) in [6, 6.07) is 0. The normalized spacial score (nSPS) is 20.1. The Morgan fingerprint density at radius 3 is 2.65 bits per heavy atom. The van der Waals surface area contributed by atoms with Crippen molar-refractivity contribution in [2.24, 2.45) is 12.8 Å². The first kappa shape index (κ1) is 12.6. The minimum absolute atomic E-state index is 0.102. The van der Waals surface area contributed by atoms with Crippen LogP contribution in [0.5, 0.6) is 0 Å². The van der Waals surface area contributed by atoms with Gasteiger partial charge in [-0.3, -0.25) is 0 Å². The Kier molecular flexibility index (Phi) is 4.18. The standard InChI is InChI=1S/C13H23N3O/c1-16-11-15-8-12(16)9-17-10-13(14)6-4-2-3-5-7-13/h8,11H,2-7,9-10,14H2,1H3. The van der Waals surface area contributed by atoms with Gasteiger partial charge in [-0.1, -0.05) is 25.7 Å². The van der Waals surface area contributed by atoms with Crippen LogP contribution in [0.15, 0.2) is 12.5 Å². The van der Waals surface area contributed by atoms with E-state index in [9.17, 15) is 0 Å². The van der Waals surface area contributed by atoms with Crippen LogP contribution in [0, 0.1) is 0 Å². The molecule has 1 aromatic heterocycles. The fourth-order valence-corrected chi connectivity index (χ4v) is 2.46. The van der Waals surface area contributed by atoms with E-state index in [0.29, 0.717) is 13.2 Å². The van der Waals surface area contributed by atoms with Crippen molar-refractivity contribution in [2.45, 2.75) is 50.7 Å². The van der Waals surface area contributed by atoms with Gasteiger partial charge in [0.05, 0.1) is 31.4 Å². The Hall–Kier alpha value is -0.870. The van der Waals surface area contributed by atoms with Crippen LogP contribution < -0.4 is 5.73 Å². The zero-order chi connectivity index (χ0) is 12.1. The number of nitrogens with two attached hydrogens (primary N) is 1. The Morgan fingerprint density at radius 1 is 1.35 bits per heavy atom. The molecule has 2 rings (SSSR count). The third-order valence-electron chi connectivity index (χ3n) is 3.66. The Morgan fingerprint density at radius 2 is 2.06 bits per heavy atom. The summed E-state index contributed by atoms with van der Waals surface area (Å²) in [5.41, 5.74) is 7.39. The number of imidazole rings is 1. The van der Waals surface area contributed by atoms with Crippen molar-refractivity contribution in [3.8, 4) is 0 Å². The lowest BCUT2D eigenvalue weighted by molar-refractivity contribution is 0.0637. The number of ether oxygens (including phenoxy) is 1. The second-order valence-electron chi connectivity index (χ2n) is 5.27. The van der Waals surface area contributed by atoms with Gasteiger partial charge in [0.25, 0.3) is 0 Å². The number of rotatable bonds is 4. The average molecular weight is 237 g/mol. The summed E-state index contributed by atoms with van der Waals surface area (Å²) in [5, 5.41) is 0. The fourth-order valence-electron chi connectivity index (χ4n) is 2.46. The lowest BCUT2D eigenvalue weighted by atomic mass is 9.93. The van der Waals surface area contributed by atoms with E-state index in [1.165, 1.54) is 25.7 Å². The smallest absolute Gasteiger partial charge is 0.0946 e. The minimum Gasteiger partial charge on any atom is -0.373 e. The molecule has 1 aromatic rings. The number of aryl methyl sites for hydroxylation is 1. The molecule has 17 heavy (non-hydrogen) atoms. The van der Waals surface area contributed by atoms with Crippen LogP contribution in [0.3, 0.4) is 0 Å². The SMILES string of the molecule is Cn1cncc1COCC1(N)CCCCCC1. The number of nitrogens with zero attached hydrogens (tertiary/aromatic N) is 2. The summed E-state index contributed by atoms with van der Waals surface area (Å²) in [7, 11) is 1.98. The molecule has 1 saturated carbocycles. The van der Waals surface area contributed by atoms with E-state index in [1.807, 2.05) is 17.8 Å². The highest BCUT2D eigenvalue weighted by Gasteiger charge is 2.26. The van der Waals surface area contributed by atoms with E-state index in [1.54, 1.807) is 6.33 Å². The molecule has 2 N–H and O–H groups in total. The number of hydrogen-bond donors (Lipinski definition) is 1. The molecule has 0 unspecified atom stereocenters. The highest BCUT2D eigenvalue weighted by molar-refractivity contribution is 4.95. The van der Waals surface area contributed by atoms with Gasteiger partial charge < -0.3 is 15.0 Å². The topological polar surface area (TPSA) is 53.1 Å². The second kappa shape index (κ2) is 5.65. The molecule has 4 nitrogen and oxygen atoms in total. The third kappa shape index (κ3) is 3.54. The lowest BCUT2D eigenvalue weighted by Crippen LogP contribution is -2.43. The molecular weight excluding hydrogens is 214 g/mol. The van der Waals surface area contributed by atoms with Gasteiger partial charge in [-0.05, 0) is 12.8 Å². The van der Waals surface area contributed by atoms with Crippen molar-refractivity contribution in [1.82, 2.24) is 9.55 Å². The number of hydrogen-bond acceptors (Lipinski definition) is 3. The van der Waals surface area contributed by atoms with Crippen molar-refractivity contribution in [2.75, 3.05) is 6.61 Å². The van der Waals surface area contributed by atoms with E-state index >= 15 is 0 Å². The van der Waals surface area contributed by atoms with Gasteiger partial charge in [0.2, 0.25) is 0 Å². The van der Waals surface area contributed by atoms with E-state index in [2.05, 4.69) is 4.98 Å². The molecule has 0 amide bonds. The zero-order valence-electron chi connectivity index (χ0n) is 10.7. The molecule has 1 aliphatic carbocycles. The van der Waals surface area contributed by atoms with Crippen molar-refractivity contribution < 1.29 is 4.74 Å². The first-order valence-corrected chi connectivity index (χ1v) is 6.51. The Bertz CT molecular complexity index is 340. The predicted octanol–water partition coefficient (Wildman–Crippen LogP) is 1.99. The maximum atomic E-state index is 6.39. The first-order chi connectivity index (χ1) is 8.20. The van der Waals surface area contributed by atoms with Gasteiger partial charge in [-0.15, -0.1) is 0 Å². The monoisotopic (exact) mass is 237 g/mol. The Balaban J connectivity index is 1.79. The summed E-state index contributed by atoms with van der Waals surface area (Å²) >= 11 is 0. The summed E-state index contributed by atoms with van der Waals surface area (Å²) in [5.74, 6) is 0. The van der Waals surface area contributed by atoms with Crippen molar-refractivity contribution >= 4 is 0 Å². The Labute approximate surface area is 103 Å². The van der Waals surface area contributed by atoms with Crippen LogP contribution in [-0.4, -0.2) is 21.7 Å². The van der Waals surface area contributed by atoms with Crippen LogP contribution in [0.25, 0.3) is 0 Å². The average Bonchev–Trinajstić information content (AvgIpc) is 2.58. The summed E-state index contributed by atoms with van der Waals surface area (Å²) in [6.45, 7) is 1.27. The van der Waals surface area contributed by atoms with Crippen molar-refractivity contribution in [3.05, 3.63) is 18.2 Å². The summed E-state index contributed by atoms with van der Waals surface area (Å²) in [4.78, 5) is 4.07. The van der Waals surface area contributed by atoms with Crippen molar-refractivity contribution in [1.29, 1.82) is 0 Å². The van der Waals surface area contributed by atoms with Crippen LogP contribution in [-0.2, 0) is 18.4 Å². The molecule has 0 aromatic carbocycles. The van der Waals surface area contributed by atoms with Crippen LogP contribution >= 0.6 is 0 Å². The summed E-state index contributed by atoms with van der Waals surface area (Å²) in [6.07, 6.45) is 11.0. The minimum atomic E-state index is -0.102. The van der Waals surface area contributed by atoms with Gasteiger partial charge in [0, 0.05) is 12.6 Å². The number of aromatic nitrogens is 2. The molecule has 96 valence electrons. The fraction of sp³-hybridized carbons (Fsp3) is 0.769. The maximum absolute atomic E-state index is 6.39. The molecule has 4 heteroatoms. The highest BCUT2D eigenvalue weighted by atomic mass is 16.5. The van der Waals surface area contributed by atoms with Gasteiger partial charge in [-0.2, -0.15) is 0 Å². The lowest BCUT2D eigenvalue weighted by Gasteiger charge is -2.27. The second-order valence-corrected chi connectivity index (χ2v) is 5.27. The first-order valence-electron chi connectivity index (χ1n) is 6.51. The molecule has 0 radical (unpaired) electrons. The molecule has 1 heterocycles. The predicted molar refractivity (Wildman–Crippen MR) is 67.5 cm³/mol. The zero-order valence-corrected chi connectivity index (χ0v) is 10.7. The van der Waals surface area contributed by atoms with E-state index in [4.69, 9.17) is 10.5 Å². The largest absolute Gasteiger partial charge is 0.373 e. The molecule has 0 atom stereocenters. The third-order valence-corrected chi connectivity index (χ3v) is 3.66. The molecule has 1 fully saturated rings. The van der Waals surface area contributed by atoms with E-state index in [-0.39, 0.29) is 5.54 Å². The van der Waals surface area contributed by atoms with Crippen LogP contribution in [0.4, 0.5) is 0 Å². The summed E-state index contributed by atoms with van der Waals surface area (Å²) < 4.78 is 7.75. The van der Waals surface area contributed by atoms with E-state index < -0.39 is 0 Å². The van der Waals surface area contributed by atoms with Crippen molar-refractivity contribution in [3.63, 3.8) is 0 Å². The quantitative estimate of drug-likeness (QED) is 0.815. The maximum Gasteiger partial charge on any atom is 0.0946 e. The molecule has 1 aliphatic rings. The van der Waals surface area contributed by atoms with Gasteiger partial charge in [0.15, 0.2) is 0 Å². The van der Waals surface area contributed by atoms with Gasteiger partial charge in [-0.25, -0.2) is 4.98 Å².